The molecule has 2 aliphatic heterocycles. The molecule has 10 nitrogen and oxygen atoms in total. The zero-order valence-electron chi connectivity index (χ0n) is 19.3. The van der Waals surface area contributed by atoms with Gasteiger partial charge >= 0.3 is 0 Å². The number of aromatic nitrogens is 2. The Morgan fingerprint density at radius 2 is 2.09 bits per heavy atom. The van der Waals surface area contributed by atoms with Gasteiger partial charge in [0.15, 0.2) is 5.75 Å². The van der Waals surface area contributed by atoms with Crippen LogP contribution in [-0.4, -0.2) is 78.7 Å². The summed E-state index contributed by atoms with van der Waals surface area (Å²) in [4.78, 5) is 25.4. The highest BCUT2D eigenvalue weighted by molar-refractivity contribution is 5.81. The van der Waals surface area contributed by atoms with Gasteiger partial charge in [0, 0.05) is 59.0 Å². The van der Waals surface area contributed by atoms with Crippen molar-refractivity contribution in [3.8, 4) is 11.8 Å². The predicted octanol–water partition coefficient (Wildman–Crippen LogP) is 2.16. The third kappa shape index (κ3) is 5.81. The number of methoxy groups -OCH3 is 1. The number of piperazine rings is 1. The van der Waals surface area contributed by atoms with Gasteiger partial charge in [-0.15, -0.1) is 0 Å². The summed E-state index contributed by atoms with van der Waals surface area (Å²) in [6, 6.07) is 11.3. The van der Waals surface area contributed by atoms with Crippen LogP contribution in [-0.2, 0) is 9.53 Å². The van der Waals surface area contributed by atoms with Gasteiger partial charge in [0.1, 0.15) is 11.6 Å². The fourth-order valence-electron chi connectivity index (χ4n) is 3.88. The maximum atomic E-state index is 12.5. The molecule has 0 aliphatic carbocycles. The number of ether oxygens (including phenoxy) is 2. The topological polar surface area (TPSA) is 116 Å². The van der Waals surface area contributed by atoms with Crippen LogP contribution in [0.1, 0.15) is 18.5 Å². The predicted molar refractivity (Wildman–Crippen MR) is 128 cm³/mol. The molecule has 1 aromatic heterocycles. The second-order valence-corrected chi connectivity index (χ2v) is 8.05. The SMILES string of the molecule is COCCN1CCN(C(=O)CCCNc2nccc(/C(C#N)=C3/Nc4ccccc4O3)n2)CC1. The Morgan fingerprint density at radius 1 is 1.26 bits per heavy atom. The smallest absolute Gasteiger partial charge is 0.223 e. The number of benzene rings is 1. The molecule has 0 atom stereocenters. The highest BCUT2D eigenvalue weighted by Crippen LogP contribution is 2.35. The minimum atomic E-state index is 0.170. The van der Waals surface area contributed by atoms with Crippen molar-refractivity contribution in [1.82, 2.24) is 19.8 Å². The summed E-state index contributed by atoms with van der Waals surface area (Å²) >= 11 is 0. The molecule has 10 heteroatoms. The Hall–Kier alpha value is -3.68. The number of nitrogens with zero attached hydrogens (tertiary/aromatic N) is 5. The zero-order valence-corrected chi connectivity index (χ0v) is 19.3. The van der Waals surface area contributed by atoms with Crippen LogP contribution in [0.5, 0.6) is 5.75 Å². The number of fused-ring (bicyclic) bond motifs is 1. The molecule has 1 aromatic carbocycles. The van der Waals surface area contributed by atoms with E-state index in [1.54, 1.807) is 19.4 Å². The number of hydrogen-bond donors (Lipinski definition) is 2. The molecule has 1 saturated heterocycles. The molecule has 178 valence electrons. The van der Waals surface area contributed by atoms with Crippen molar-refractivity contribution in [2.75, 3.05) is 63.6 Å². The first kappa shape index (κ1) is 23.5. The molecule has 2 aliphatic rings. The lowest BCUT2D eigenvalue weighted by Crippen LogP contribution is -2.49. The van der Waals surface area contributed by atoms with Gasteiger partial charge < -0.3 is 25.0 Å². The molecule has 1 amide bonds. The molecule has 2 N–H and O–H groups in total. The van der Waals surface area contributed by atoms with Crippen molar-refractivity contribution < 1.29 is 14.3 Å². The summed E-state index contributed by atoms with van der Waals surface area (Å²) < 4.78 is 10.9. The molecule has 2 aromatic rings. The van der Waals surface area contributed by atoms with E-state index in [0.717, 1.165) is 38.4 Å². The van der Waals surface area contributed by atoms with Crippen molar-refractivity contribution in [3.05, 3.63) is 48.1 Å². The lowest BCUT2D eigenvalue weighted by molar-refractivity contribution is -0.133. The summed E-state index contributed by atoms with van der Waals surface area (Å²) in [5, 5.41) is 16.0. The molecule has 34 heavy (non-hydrogen) atoms. The van der Waals surface area contributed by atoms with Crippen LogP contribution >= 0.6 is 0 Å². The minimum Gasteiger partial charge on any atom is -0.437 e. The van der Waals surface area contributed by atoms with Crippen LogP contribution in [0.25, 0.3) is 5.57 Å². The van der Waals surface area contributed by atoms with Gasteiger partial charge in [0.2, 0.25) is 17.7 Å². The molecular weight excluding hydrogens is 434 g/mol. The van der Waals surface area contributed by atoms with Crippen molar-refractivity contribution in [2.45, 2.75) is 12.8 Å². The van der Waals surface area contributed by atoms with E-state index in [9.17, 15) is 10.1 Å². The largest absolute Gasteiger partial charge is 0.437 e. The summed E-state index contributed by atoms with van der Waals surface area (Å²) in [7, 11) is 1.70. The van der Waals surface area contributed by atoms with Gasteiger partial charge in [0.05, 0.1) is 18.0 Å². The number of para-hydroxylation sites is 2. The molecule has 0 unspecified atom stereocenters. The fraction of sp³-hybridized carbons (Fsp3) is 0.417. The van der Waals surface area contributed by atoms with E-state index in [2.05, 4.69) is 31.6 Å². The van der Waals surface area contributed by atoms with Crippen molar-refractivity contribution in [2.24, 2.45) is 0 Å². The number of nitriles is 1. The van der Waals surface area contributed by atoms with Crippen molar-refractivity contribution in [3.63, 3.8) is 0 Å². The van der Waals surface area contributed by atoms with Crippen LogP contribution in [0.4, 0.5) is 11.6 Å². The lowest BCUT2D eigenvalue weighted by atomic mass is 10.2. The summed E-state index contributed by atoms with van der Waals surface area (Å²) in [6.07, 6.45) is 2.73. The number of allylic oxidation sites excluding steroid dienone is 1. The lowest BCUT2D eigenvalue weighted by Gasteiger charge is -2.34. The first-order valence-electron chi connectivity index (χ1n) is 11.4. The molecule has 0 radical (unpaired) electrons. The summed E-state index contributed by atoms with van der Waals surface area (Å²) in [5.74, 6) is 1.59. The normalized spacial score (nSPS) is 16.8. The molecule has 1 fully saturated rings. The third-order valence-corrected chi connectivity index (χ3v) is 5.79. The number of carbonyl (C=O) groups is 1. The highest BCUT2D eigenvalue weighted by atomic mass is 16.5. The first-order valence-corrected chi connectivity index (χ1v) is 11.4. The monoisotopic (exact) mass is 463 g/mol. The Labute approximate surface area is 199 Å². The molecule has 0 spiro atoms. The van der Waals surface area contributed by atoms with E-state index in [0.29, 0.717) is 54.8 Å². The van der Waals surface area contributed by atoms with Crippen LogP contribution in [0, 0.1) is 11.3 Å². The van der Waals surface area contributed by atoms with Gasteiger partial charge in [-0.2, -0.15) is 5.26 Å². The molecular formula is C24H29N7O3. The second-order valence-electron chi connectivity index (χ2n) is 8.05. The Kier molecular flexibility index (Phi) is 7.91. The van der Waals surface area contributed by atoms with Crippen LogP contribution < -0.4 is 15.4 Å². The van der Waals surface area contributed by atoms with Gasteiger partial charge in [-0.1, -0.05) is 12.1 Å². The molecule has 0 saturated carbocycles. The maximum absolute atomic E-state index is 12.5. The van der Waals surface area contributed by atoms with E-state index in [4.69, 9.17) is 9.47 Å². The highest BCUT2D eigenvalue weighted by Gasteiger charge is 2.22. The Bertz CT molecular complexity index is 1050. The number of amides is 1. The molecule has 0 bridgehead atoms. The van der Waals surface area contributed by atoms with Gasteiger partial charge in [-0.3, -0.25) is 9.69 Å². The van der Waals surface area contributed by atoms with Crippen molar-refractivity contribution >= 4 is 23.1 Å². The Morgan fingerprint density at radius 3 is 2.85 bits per heavy atom. The van der Waals surface area contributed by atoms with Crippen molar-refractivity contribution in [1.29, 1.82) is 5.26 Å². The standard InChI is InChI=1S/C24H29N7O3/c1-33-16-15-30-11-13-31(14-12-30)22(32)7-4-9-26-24-27-10-8-19(29-24)18(17-25)23-28-20-5-2-3-6-21(20)34-23/h2-3,5-6,8,10,28H,4,7,9,11-16H2,1H3,(H,26,27,29)/b23-18-. The number of rotatable bonds is 9. The van der Waals surface area contributed by atoms with E-state index < -0.39 is 0 Å². The third-order valence-electron chi connectivity index (χ3n) is 5.79. The number of carbonyl (C=O) groups excluding carboxylic acids is 1. The average molecular weight is 464 g/mol. The van der Waals surface area contributed by atoms with E-state index in [-0.39, 0.29) is 5.91 Å². The second kappa shape index (κ2) is 11.4. The van der Waals surface area contributed by atoms with E-state index >= 15 is 0 Å². The van der Waals surface area contributed by atoms with Gasteiger partial charge in [-0.05, 0) is 24.6 Å². The quantitative estimate of drug-likeness (QED) is 0.426. The first-order chi connectivity index (χ1) is 16.7. The van der Waals surface area contributed by atoms with E-state index in [1.807, 2.05) is 29.2 Å². The fourth-order valence-corrected chi connectivity index (χ4v) is 3.88. The van der Waals surface area contributed by atoms with Gasteiger partial charge in [-0.25, -0.2) is 9.97 Å². The molecule has 4 rings (SSSR count). The van der Waals surface area contributed by atoms with Crippen LogP contribution in [0.3, 0.4) is 0 Å². The Balaban J connectivity index is 1.26. The van der Waals surface area contributed by atoms with Crippen LogP contribution in [0.15, 0.2) is 42.4 Å². The van der Waals surface area contributed by atoms with E-state index in [1.165, 1.54) is 0 Å². The minimum absolute atomic E-state index is 0.170. The number of nitrogens with one attached hydrogen (secondary N) is 2. The number of anilines is 2. The average Bonchev–Trinajstić information content (AvgIpc) is 3.30. The molecule has 3 heterocycles. The van der Waals surface area contributed by atoms with Gasteiger partial charge in [0.25, 0.3) is 0 Å². The maximum Gasteiger partial charge on any atom is 0.223 e. The van der Waals surface area contributed by atoms with Crippen LogP contribution in [0.2, 0.25) is 0 Å². The number of hydrogen-bond acceptors (Lipinski definition) is 9. The summed E-state index contributed by atoms with van der Waals surface area (Å²) in [5.41, 5.74) is 1.55. The zero-order chi connectivity index (χ0) is 23.8. The summed E-state index contributed by atoms with van der Waals surface area (Å²) in [6.45, 7) is 5.46.